The number of rotatable bonds is 6. The van der Waals surface area contributed by atoms with E-state index in [1.807, 2.05) is 32.0 Å². The number of benzene rings is 2. The van der Waals surface area contributed by atoms with Crippen molar-refractivity contribution in [2.75, 3.05) is 18.4 Å². The van der Waals surface area contributed by atoms with Gasteiger partial charge in [0.2, 0.25) is 15.9 Å². The van der Waals surface area contributed by atoms with Gasteiger partial charge >= 0.3 is 6.18 Å². The van der Waals surface area contributed by atoms with E-state index in [-0.39, 0.29) is 31.8 Å². The lowest BCUT2D eigenvalue weighted by Gasteiger charge is -2.31. The van der Waals surface area contributed by atoms with Crippen LogP contribution in [0.3, 0.4) is 0 Å². The number of alkyl halides is 3. The van der Waals surface area contributed by atoms with Crippen LogP contribution in [0.2, 0.25) is 0 Å². The molecule has 1 saturated heterocycles. The van der Waals surface area contributed by atoms with Gasteiger partial charge in [-0.25, -0.2) is 8.42 Å². The highest BCUT2D eigenvalue weighted by molar-refractivity contribution is 7.89. The lowest BCUT2D eigenvalue weighted by molar-refractivity contribution is -0.139. The number of hydrogen-bond donors (Lipinski definition) is 1. The molecule has 0 atom stereocenters. The first-order valence-corrected chi connectivity index (χ1v) is 12.1. The molecule has 0 aromatic heterocycles. The summed E-state index contributed by atoms with van der Waals surface area (Å²) >= 11 is 0. The molecular weight excluding hydrogens is 441 g/mol. The molecule has 9 heteroatoms. The maximum atomic E-state index is 13.3. The van der Waals surface area contributed by atoms with Crippen LogP contribution in [0, 0.1) is 5.92 Å². The lowest BCUT2D eigenvalue weighted by atomic mass is 9.96. The minimum Gasteiger partial charge on any atom is -0.325 e. The molecule has 0 spiro atoms. The third-order valence-electron chi connectivity index (χ3n) is 5.88. The number of anilines is 1. The van der Waals surface area contributed by atoms with Crippen LogP contribution >= 0.6 is 0 Å². The number of aryl methyl sites for hydroxylation is 2. The van der Waals surface area contributed by atoms with E-state index in [1.54, 1.807) is 0 Å². The largest absolute Gasteiger partial charge is 0.417 e. The van der Waals surface area contributed by atoms with E-state index in [4.69, 9.17) is 0 Å². The Labute approximate surface area is 186 Å². The molecule has 0 aliphatic carbocycles. The predicted molar refractivity (Wildman–Crippen MR) is 117 cm³/mol. The second kappa shape index (κ2) is 9.62. The number of sulfonamides is 1. The van der Waals surface area contributed by atoms with Crippen molar-refractivity contribution in [3.63, 3.8) is 0 Å². The molecule has 2 aromatic carbocycles. The van der Waals surface area contributed by atoms with Crippen LogP contribution in [0.15, 0.2) is 47.4 Å². The molecule has 0 bridgehead atoms. The molecule has 1 amide bonds. The normalized spacial score (nSPS) is 16.2. The van der Waals surface area contributed by atoms with E-state index in [1.165, 1.54) is 6.07 Å². The molecule has 0 radical (unpaired) electrons. The summed E-state index contributed by atoms with van der Waals surface area (Å²) in [4.78, 5) is 12.1. The van der Waals surface area contributed by atoms with E-state index >= 15 is 0 Å². The fourth-order valence-electron chi connectivity index (χ4n) is 4.05. The number of nitrogens with zero attached hydrogens (tertiary/aromatic N) is 1. The van der Waals surface area contributed by atoms with Gasteiger partial charge in [-0.05, 0) is 48.9 Å². The van der Waals surface area contributed by atoms with Crippen LogP contribution in [-0.2, 0) is 33.8 Å². The summed E-state index contributed by atoms with van der Waals surface area (Å²) in [6.45, 7) is 3.99. The van der Waals surface area contributed by atoms with Gasteiger partial charge < -0.3 is 5.32 Å². The van der Waals surface area contributed by atoms with Crippen molar-refractivity contribution in [3.05, 3.63) is 59.2 Å². The van der Waals surface area contributed by atoms with Crippen molar-refractivity contribution in [1.29, 1.82) is 0 Å². The third kappa shape index (κ3) is 4.99. The number of amides is 1. The van der Waals surface area contributed by atoms with Gasteiger partial charge in [-0.2, -0.15) is 17.5 Å². The number of para-hydroxylation sites is 1. The molecule has 174 valence electrons. The second-order valence-corrected chi connectivity index (χ2v) is 9.73. The topological polar surface area (TPSA) is 66.5 Å². The van der Waals surface area contributed by atoms with E-state index < -0.39 is 32.6 Å². The van der Waals surface area contributed by atoms with E-state index in [9.17, 15) is 26.4 Å². The van der Waals surface area contributed by atoms with Gasteiger partial charge in [-0.15, -0.1) is 0 Å². The molecule has 5 nitrogen and oxygen atoms in total. The first-order chi connectivity index (χ1) is 15.1. The Hall–Kier alpha value is -2.39. The molecule has 2 aromatic rings. The maximum absolute atomic E-state index is 13.3. The molecule has 1 aliphatic heterocycles. The van der Waals surface area contributed by atoms with Crippen LogP contribution in [0.4, 0.5) is 18.9 Å². The fraction of sp³-hybridized carbons (Fsp3) is 0.435. The quantitative estimate of drug-likeness (QED) is 0.658. The van der Waals surface area contributed by atoms with Crippen LogP contribution < -0.4 is 5.32 Å². The van der Waals surface area contributed by atoms with E-state index in [2.05, 4.69) is 5.32 Å². The number of carbonyl (C=O) groups excluding carboxylic acids is 1. The summed E-state index contributed by atoms with van der Waals surface area (Å²) in [7, 11) is -4.32. The van der Waals surface area contributed by atoms with Crippen molar-refractivity contribution >= 4 is 21.6 Å². The van der Waals surface area contributed by atoms with E-state index in [0.717, 1.165) is 52.2 Å². The van der Waals surface area contributed by atoms with Crippen molar-refractivity contribution in [3.8, 4) is 0 Å². The summed E-state index contributed by atoms with van der Waals surface area (Å²) in [6.07, 6.45) is -2.76. The molecule has 32 heavy (non-hydrogen) atoms. The molecule has 1 aliphatic rings. The van der Waals surface area contributed by atoms with Crippen molar-refractivity contribution in [2.24, 2.45) is 5.92 Å². The van der Waals surface area contributed by atoms with Crippen molar-refractivity contribution in [2.45, 2.75) is 50.6 Å². The van der Waals surface area contributed by atoms with Crippen LogP contribution in [0.5, 0.6) is 0 Å². The highest BCUT2D eigenvalue weighted by Crippen LogP contribution is 2.36. The highest BCUT2D eigenvalue weighted by Gasteiger charge is 2.40. The Morgan fingerprint density at radius 1 is 1.00 bits per heavy atom. The average molecular weight is 469 g/mol. The Bertz CT molecular complexity index is 1050. The number of carbonyl (C=O) groups is 1. The maximum Gasteiger partial charge on any atom is 0.417 e. The average Bonchev–Trinajstić information content (AvgIpc) is 2.78. The highest BCUT2D eigenvalue weighted by atomic mass is 32.2. The standard InChI is InChI=1S/C23H27F3N2O3S/c1-3-16-8-7-9-17(4-2)21(16)27-22(29)18-12-14-28(15-13-18)32(30,31)20-11-6-5-10-19(20)23(24,25)26/h5-11,18H,3-4,12-15H2,1-2H3,(H,27,29). The van der Waals surface area contributed by atoms with Crippen LogP contribution in [0.1, 0.15) is 43.4 Å². The zero-order valence-electron chi connectivity index (χ0n) is 18.1. The minimum atomic E-state index is -4.77. The predicted octanol–water partition coefficient (Wildman–Crippen LogP) is 4.87. The lowest BCUT2D eigenvalue weighted by Crippen LogP contribution is -2.42. The fourth-order valence-corrected chi connectivity index (χ4v) is 5.73. The molecular formula is C23H27F3N2O3S. The molecule has 1 heterocycles. The van der Waals surface area contributed by atoms with Crippen LogP contribution in [0.25, 0.3) is 0 Å². The Morgan fingerprint density at radius 3 is 2.09 bits per heavy atom. The minimum absolute atomic E-state index is 0.0112. The summed E-state index contributed by atoms with van der Waals surface area (Å²) in [5.41, 5.74) is 1.68. The zero-order valence-corrected chi connectivity index (χ0v) is 18.9. The van der Waals surface area contributed by atoms with Gasteiger partial charge in [0.25, 0.3) is 0 Å². The molecule has 1 N–H and O–H groups in total. The zero-order chi connectivity index (χ0) is 23.5. The summed E-state index contributed by atoms with van der Waals surface area (Å²) in [6, 6.07) is 10.1. The second-order valence-electron chi connectivity index (χ2n) is 7.82. The third-order valence-corrected chi connectivity index (χ3v) is 7.84. The smallest absolute Gasteiger partial charge is 0.325 e. The molecule has 1 fully saturated rings. The van der Waals surface area contributed by atoms with Gasteiger partial charge in [0.05, 0.1) is 10.5 Å². The SMILES string of the molecule is CCc1cccc(CC)c1NC(=O)C1CCN(S(=O)(=O)c2ccccc2C(F)(F)F)CC1. The van der Waals surface area contributed by atoms with Gasteiger partial charge in [0, 0.05) is 24.7 Å². The van der Waals surface area contributed by atoms with E-state index in [0.29, 0.717) is 0 Å². The summed E-state index contributed by atoms with van der Waals surface area (Å²) < 4.78 is 66.8. The first-order valence-electron chi connectivity index (χ1n) is 10.7. The Kier molecular flexibility index (Phi) is 7.29. The van der Waals surface area contributed by atoms with Gasteiger partial charge in [-0.3, -0.25) is 4.79 Å². The van der Waals surface area contributed by atoms with Crippen molar-refractivity contribution < 1.29 is 26.4 Å². The van der Waals surface area contributed by atoms with Crippen LogP contribution in [-0.4, -0.2) is 31.7 Å². The van der Waals surface area contributed by atoms with Crippen molar-refractivity contribution in [1.82, 2.24) is 4.31 Å². The first kappa shape index (κ1) is 24.3. The number of piperidine rings is 1. The molecule has 0 unspecified atom stereocenters. The monoisotopic (exact) mass is 468 g/mol. The molecule has 0 saturated carbocycles. The Morgan fingerprint density at radius 2 is 1.56 bits per heavy atom. The number of hydrogen-bond acceptors (Lipinski definition) is 3. The van der Waals surface area contributed by atoms with Gasteiger partial charge in [-0.1, -0.05) is 44.2 Å². The van der Waals surface area contributed by atoms with Gasteiger partial charge in [0.1, 0.15) is 0 Å². The summed E-state index contributed by atoms with van der Waals surface area (Å²) in [5, 5.41) is 3.01. The molecule has 3 rings (SSSR count). The van der Waals surface area contributed by atoms with Gasteiger partial charge in [0.15, 0.2) is 0 Å². The Balaban J connectivity index is 1.73. The summed E-state index contributed by atoms with van der Waals surface area (Å²) in [5.74, 6) is -0.595. The number of nitrogens with one attached hydrogen (secondary N) is 1. The number of halogens is 3.